The third-order valence-corrected chi connectivity index (χ3v) is 10.8. The molecule has 0 radical (unpaired) electrons. The first-order chi connectivity index (χ1) is 14.4. The van der Waals surface area contributed by atoms with E-state index in [0.29, 0.717) is 11.8 Å². The first kappa shape index (κ1) is 23.8. The molecule has 0 unspecified atom stereocenters. The van der Waals surface area contributed by atoms with Crippen LogP contribution in [-0.2, 0) is 0 Å². The van der Waals surface area contributed by atoms with Crippen molar-refractivity contribution in [1.29, 1.82) is 0 Å². The van der Waals surface area contributed by atoms with Gasteiger partial charge in [-0.25, -0.2) is 0 Å². The Balaban J connectivity index is 1.48. The Bertz CT molecular complexity index is 693. The summed E-state index contributed by atoms with van der Waals surface area (Å²) in [6.07, 6.45) is 14.8. The lowest BCUT2D eigenvalue weighted by atomic mass is 9.46. The Morgan fingerprint density at radius 1 is 1.10 bits per heavy atom. The SMILES string of the molecule is C[C@H](CCCC(C)(C)O)[C@H]1CC[C@H]2[C@@H]3CC=C4C[C@](O)(CO)CC[C@]4(C)[C@H]3CC[C@]12C. The molecule has 3 saturated carbocycles. The summed E-state index contributed by atoms with van der Waals surface area (Å²) in [7, 11) is 0. The van der Waals surface area contributed by atoms with Gasteiger partial charge in [0.05, 0.1) is 17.8 Å². The quantitative estimate of drug-likeness (QED) is 0.460. The number of aliphatic hydroxyl groups excluding tert-OH is 1. The summed E-state index contributed by atoms with van der Waals surface area (Å²) in [5.74, 6) is 3.94. The van der Waals surface area contributed by atoms with E-state index in [1.165, 1.54) is 44.1 Å². The van der Waals surface area contributed by atoms with Crippen LogP contribution in [-0.4, -0.2) is 33.1 Å². The van der Waals surface area contributed by atoms with Gasteiger partial charge in [-0.15, -0.1) is 0 Å². The van der Waals surface area contributed by atoms with E-state index in [0.717, 1.165) is 55.3 Å². The number of hydrogen-bond donors (Lipinski definition) is 3. The van der Waals surface area contributed by atoms with Crippen molar-refractivity contribution >= 4 is 0 Å². The van der Waals surface area contributed by atoms with Crippen LogP contribution >= 0.6 is 0 Å². The zero-order valence-corrected chi connectivity index (χ0v) is 20.8. The number of allylic oxidation sites excluding steroid dienone is 1. The van der Waals surface area contributed by atoms with Gasteiger partial charge in [-0.1, -0.05) is 45.3 Å². The molecule has 0 saturated heterocycles. The Hall–Kier alpha value is -0.380. The second-order valence-corrected chi connectivity index (χ2v) is 13.2. The summed E-state index contributed by atoms with van der Waals surface area (Å²) in [4.78, 5) is 0. The fourth-order valence-electron chi connectivity index (χ4n) is 8.88. The zero-order chi connectivity index (χ0) is 22.7. The van der Waals surface area contributed by atoms with E-state index in [1.54, 1.807) is 0 Å². The molecule has 4 aliphatic carbocycles. The van der Waals surface area contributed by atoms with Gasteiger partial charge in [0.15, 0.2) is 0 Å². The highest BCUT2D eigenvalue weighted by Gasteiger charge is 2.59. The van der Waals surface area contributed by atoms with E-state index in [4.69, 9.17) is 0 Å². The molecule has 3 N–H and O–H groups in total. The van der Waals surface area contributed by atoms with Crippen molar-refractivity contribution in [2.75, 3.05) is 6.61 Å². The summed E-state index contributed by atoms with van der Waals surface area (Å²) >= 11 is 0. The predicted molar refractivity (Wildman–Crippen MR) is 127 cm³/mol. The molecule has 0 amide bonds. The first-order valence-electron chi connectivity index (χ1n) is 13.2. The van der Waals surface area contributed by atoms with Crippen LogP contribution in [0.1, 0.15) is 105 Å². The molecule has 178 valence electrons. The smallest absolute Gasteiger partial charge is 0.0914 e. The van der Waals surface area contributed by atoms with Gasteiger partial charge in [0.25, 0.3) is 0 Å². The van der Waals surface area contributed by atoms with E-state index in [1.807, 2.05) is 13.8 Å². The van der Waals surface area contributed by atoms with Crippen molar-refractivity contribution in [3.63, 3.8) is 0 Å². The maximum absolute atomic E-state index is 10.7. The van der Waals surface area contributed by atoms with Gasteiger partial charge in [-0.3, -0.25) is 0 Å². The Labute approximate surface area is 190 Å². The van der Waals surface area contributed by atoms with Crippen LogP contribution in [0.3, 0.4) is 0 Å². The van der Waals surface area contributed by atoms with Gasteiger partial charge >= 0.3 is 0 Å². The van der Waals surface area contributed by atoms with Gasteiger partial charge < -0.3 is 15.3 Å². The fourth-order valence-corrected chi connectivity index (χ4v) is 8.88. The Kier molecular flexibility index (Phi) is 6.24. The van der Waals surface area contributed by atoms with Crippen molar-refractivity contribution < 1.29 is 15.3 Å². The van der Waals surface area contributed by atoms with Crippen molar-refractivity contribution in [2.45, 2.75) is 116 Å². The third-order valence-electron chi connectivity index (χ3n) is 10.8. The lowest BCUT2D eigenvalue weighted by molar-refractivity contribution is -0.0880. The van der Waals surface area contributed by atoms with E-state index >= 15 is 0 Å². The topological polar surface area (TPSA) is 60.7 Å². The monoisotopic (exact) mass is 432 g/mol. The summed E-state index contributed by atoms with van der Waals surface area (Å²) in [5, 5.41) is 30.5. The van der Waals surface area contributed by atoms with Crippen molar-refractivity contribution in [3.8, 4) is 0 Å². The Morgan fingerprint density at radius 2 is 1.84 bits per heavy atom. The second kappa shape index (κ2) is 8.13. The maximum atomic E-state index is 10.7. The molecule has 4 rings (SSSR count). The lowest BCUT2D eigenvalue weighted by Crippen LogP contribution is -2.53. The molecule has 0 aromatic heterocycles. The molecule has 0 aromatic rings. The number of aliphatic hydroxyl groups is 3. The largest absolute Gasteiger partial charge is 0.393 e. The molecule has 3 heteroatoms. The highest BCUT2D eigenvalue weighted by Crippen LogP contribution is 2.67. The van der Waals surface area contributed by atoms with Crippen LogP contribution < -0.4 is 0 Å². The minimum atomic E-state index is -0.890. The number of hydrogen-bond acceptors (Lipinski definition) is 3. The lowest BCUT2D eigenvalue weighted by Gasteiger charge is -2.59. The minimum Gasteiger partial charge on any atom is -0.393 e. The van der Waals surface area contributed by atoms with E-state index in [2.05, 4.69) is 26.8 Å². The molecular weight excluding hydrogens is 384 g/mol. The molecular formula is C28H48O3. The van der Waals surface area contributed by atoms with E-state index in [-0.39, 0.29) is 12.0 Å². The molecule has 0 spiro atoms. The van der Waals surface area contributed by atoms with Crippen LogP contribution in [0.15, 0.2) is 11.6 Å². The molecule has 8 atom stereocenters. The van der Waals surface area contributed by atoms with Crippen molar-refractivity contribution in [2.24, 2.45) is 40.4 Å². The zero-order valence-electron chi connectivity index (χ0n) is 20.8. The van der Waals surface area contributed by atoms with E-state index in [9.17, 15) is 15.3 Å². The summed E-state index contributed by atoms with van der Waals surface area (Å²) < 4.78 is 0. The Morgan fingerprint density at radius 3 is 2.52 bits per heavy atom. The third kappa shape index (κ3) is 4.17. The summed E-state index contributed by atoms with van der Waals surface area (Å²) in [6.45, 7) is 11.3. The standard InChI is InChI=1S/C28H48O3/c1-19(7-6-13-25(2,3)30)22-10-11-23-21-9-8-20-17-28(31,18-29)16-15-26(20,4)24(21)12-14-27(22,23)5/h8,19,21-24,29-31H,6-7,9-18H2,1-5H3/t19-,21+,22-,23+,24+,26+,27-,28+/m1/s1. The van der Waals surface area contributed by atoms with Crippen LogP contribution in [0, 0.1) is 40.4 Å². The molecule has 0 bridgehead atoms. The average Bonchev–Trinajstić information content (AvgIpc) is 3.05. The molecule has 31 heavy (non-hydrogen) atoms. The highest BCUT2D eigenvalue weighted by molar-refractivity contribution is 5.27. The minimum absolute atomic E-state index is 0.109. The normalized spacial score (nSPS) is 46.0. The van der Waals surface area contributed by atoms with Gasteiger partial charge in [0.2, 0.25) is 0 Å². The van der Waals surface area contributed by atoms with Crippen LogP contribution in [0.4, 0.5) is 0 Å². The average molecular weight is 433 g/mol. The molecule has 0 aliphatic heterocycles. The molecule has 3 nitrogen and oxygen atoms in total. The van der Waals surface area contributed by atoms with E-state index < -0.39 is 11.2 Å². The summed E-state index contributed by atoms with van der Waals surface area (Å²) in [6, 6.07) is 0. The number of rotatable bonds is 6. The van der Waals surface area contributed by atoms with Crippen LogP contribution in [0.25, 0.3) is 0 Å². The maximum Gasteiger partial charge on any atom is 0.0914 e. The first-order valence-corrected chi connectivity index (χ1v) is 13.2. The van der Waals surface area contributed by atoms with Gasteiger partial charge in [0, 0.05) is 0 Å². The van der Waals surface area contributed by atoms with Gasteiger partial charge in [-0.05, 0) is 112 Å². The van der Waals surface area contributed by atoms with Crippen molar-refractivity contribution in [1.82, 2.24) is 0 Å². The number of fused-ring (bicyclic) bond motifs is 5. The summed E-state index contributed by atoms with van der Waals surface area (Å²) in [5.41, 5.74) is 0.705. The van der Waals surface area contributed by atoms with Gasteiger partial charge in [0.1, 0.15) is 0 Å². The molecule has 4 aliphatic rings. The van der Waals surface area contributed by atoms with Crippen LogP contribution in [0.5, 0.6) is 0 Å². The molecule has 0 heterocycles. The highest BCUT2D eigenvalue weighted by atomic mass is 16.3. The van der Waals surface area contributed by atoms with Crippen molar-refractivity contribution in [3.05, 3.63) is 11.6 Å². The fraction of sp³-hybridized carbons (Fsp3) is 0.929. The van der Waals surface area contributed by atoms with Gasteiger partial charge in [-0.2, -0.15) is 0 Å². The molecule has 3 fully saturated rings. The predicted octanol–water partition coefficient (Wildman–Crippen LogP) is 5.87. The van der Waals surface area contributed by atoms with Crippen LogP contribution in [0.2, 0.25) is 0 Å². The molecule has 0 aromatic carbocycles. The second-order valence-electron chi connectivity index (χ2n) is 13.2.